The van der Waals surface area contributed by atoms with Crippen molar-refractivity contribution in [3.05, 3.63) is 57.5 Å². The SMILES string of the molecule is NC(=S)c1ccc(Oc2ccc(Br)cc2)c(Cl)c1. The van der Waals surface area contributed by atoms with Crippen molar-refractivity contribution < 1.29 is 4.74 Å². The second kappa shape index (κ2) is 5.69. The van der Waals surface area contributed by atoms with E-state index in [-0.39, 0.29) is 0 Å². The van der Waals surface area contributed by atoms with E-state index < -0.39 is 0 Å². The van der Waals surface area contributed by atoms with Gasteiger partial charge < -0.3 is 10.5 Å². The van der Waals surface area contributed by atoms with E-state index in [1.165, 1.54) is 0 Å². The van der Waals surface area contributed by atoms with Crippen LogP contribution in [-0.2, 0) is 0 Å². The summed E-state index contributed by atoms with van der Waals surface area (Å²) in [6.07, 6.45) is 0. The minimum absolute atomic E-state index is 0.312. The van der Waals surface area contributed by atoms with E-state index in [4.69, 9.17) is 34.3 Å². The van der Waals surface area contributed by atoms with E-state index in [1.54, 1.807) is 18.2 Å². The standard InChI is InChI=1S/C13H9BrClNOS/c14-9-2-4-10(5-3-9)17-12-6-1-8(13(16)18)7-11(12)15/h1-7H,(H2,16,18). The Bertz CT molecular complexity index is 586. The Morgan fingerprint density at radius 2 is 1.83 bits per heavy atom. The first kappa shape index (κ1) is 13.3. The molecule has 2 rings (SSSR count). The summed E-state index contributed by atoms with van der Waals surface area (Å²) >= 11 is 14.3. The van der Waals surface area contributed by atoms with E-state index >= 15 is 0 Å². The molecule has 0 amide bonds. The van der Waals surface area contributed by atoms with Crippen molar-refractivity contribution in [3.63, 3.8) is 0 Å². The minimum atomic E-state index is 0.312. The highest BCUT2D eigenvalue weighted by Gasteiger charge is 2.06. The topological polar surface area (TPSA) is 35.2 Å². The second-order valence-electron chi connectivity index (χ2n) is 3.57. The molecule has 2 aromatic rings. The lowest BCUT2D eigenvalue weighted by Gasteiger charge is -2.08. The molecular formula is C13H9BrClNOS. The third-order valence-electron chi connectivity index (χ3n) is 2.26. The van der Waals surface area contributed by atoms with Crippen LogP contribution in [0.4, 0.5) is 0 Å². The Hall–Kier alpha value is -1.10. The van der Waals surface area contributed by atoms with Crippen LogP contribution >= 0.6 is 39.7 Å². The molecule has 2 aromatic carbocycles. The van der Waals surface area contributed by atoms with E-state index in [2.05, 4.69) is 15.9 Å². The fourth-order valence-corrected chi connectivity index (χ4v) is 1.98. The van der Waals surface area contributed by atoms with Crippen molar-refractivity contribution in [2.45, 2.75) is 0 Å². The molecule has 0 unspecified atom stereocenters. The van der Waals surface area contributed by atoms with Gasteiger partial charge in [-0.2, -0.15) is 0 Å². The second-order valence-corrected chi connectivity index (χ2v) is 5.33. The van der Waals surface area contributed by atoms with Crippen molar-refractivity contribution >= 4 is 44.7 Å². The van der Waals surface area contributed by atoms with Gasteiger partial charge in [0.2, 0.25) is 0 Å². The molecule has 0 fully saturated rings. The average Bonchev–Trinajstić information content (AvgIpc) is 2.34. The summed E-state index contributed by atoms with van der Waals surface area (Å²) in [5.41, 5.74) is 6.25. The molecule has 0 aromatic heterocycles. The lowest BCUT2D eigenvalue weighted by atomic mass is 10.2. The van der Waals surface area contributed by atoms with E-state index in [0.29, 0.717) is 21.5 Å². The van der Waals surface area contributed by atoms with Crippen LogP contribution in [0.15, 0.2) is 46.9 Å². The first-order valence-corrected chi connectivity index (χ1v) is 6.67. The predicted molar refractivity (Wildman–Crippen MR) is 81.6 cm³/mol. The Morgan fingerprint density at radius 3 is 2.39 bits per heavy atom. The summed E-state index contributed by atoms with van der Waals surface area (Å²) < 4.78 is 6.65. The van der Waals surface area contributed by atoms with Gasteiger partial charge in [0.25, 0.3) is 0 Å². The van der Waals surface area contributed by atoms with Crippen LogP contribution in [0.2, 0.25) is 5.02 Å². The maximum absolute atomic E-state index is 6.11. The minimum Gasteiger partial charge on any atom is -0.456 e. The van der Waals surface area contributed by atoms with Gasteiger partial charge in [-0.1, -0.05) is 39.7 Å². The Morgan fingerprint density at radius 1 is 1.17 bits per heavy atom. The number of ether oxygens (including phenoxy) is 1. The molecule has 0 radical (unpaired) electrons. The first-order valence-electron chi connectivity index (χ1n) is 5.09. The molecule has 0 aliphatic heterocycles. The Labute approximate surface area is 124 Å². The zero-order chi connectivity index (χ0) is 13.1. The lowest BCUT2D eigenvalue weighted by molar-refractivity contribution is 0.483. The van der Waals surface area contributed by atoms with Gasteiger partial charge in [0.1, 0.15) is 16.5 Å². The van der Waals surface area contributed by atoms with Crippen molar-refractivity contribution in [2.75, 3.05) is 0 Å². The smallest absolute Gasteiger partial charge is 0.146 e. The van der Waals surface area contributed by atoms with Crippen LogP contribution in [0.3, 0.4) is 0 Å². The van der Waals surface area contributed by atoms with Crippen LogP contribution in [0.1, 0.15) is 5.56 Å². The van der Waals surface area contributed by atoms with Crippen LogP contribution in [0, 0.1) is 0 Å². The largest absolute Gasteiger partial charge is 0.456 e. The normalized spacial score (nSPS) is 10.1. The van der Waals surface area contributed by atoms with Crippen molar-refractivity contribution in [1.82, 2.24) is 0 Å². The summed E-state index contributed by atoms with van der Waals surface area (Å²) in [4.78, 5) is 0.312. The summed E-state index contributed by atoms with van der Waals surface area (Å²) in [5, 5.41) is 0.475. The molecule has 92 valence electrons. The number of nitrogens with two attached hydrogens (primary N) is 1. The molecule has 2 N–H and O–H groups in total. The zero-order valence-corrected chi connectivity index (χ0v) is 12.3. The number of halogens is 2. The fourth-order valence-electron chi connectivity index (χ4n) is 1.37. The number of thiocarbonyl (C=S) groups is 1. The van der Waals surface area contributed by atoms with Gasteiger partial charge in [-0.25, -0.2) is 0 Å². The summed E-state index contributed by atoms with van der Waals surface area (Å²) in [6.45, 7) is 0. The van der Waals surface area contributed by atoms with Crippen LogP contribution in [-0.4, -0.2) is 4.99 Å². The third-order valence-corrected chi connectivity index (χ3v) is 3.32. The van der Waals surface area contributed by atoms with Gasteiger partial charge in [-0.3, -0.25) is 0 Å². The van der Waals surface area contributed by atoms with Crippen molar-refractivity contribution in [2.24, 2.45) is 5.73 Å². The maximum Gasteiger partial charge on any atom is 0.146 e. The average molecular weight is 343 g/mol. The zero-order valence-electron chi connectivity index (χ0n) is 9.19. The van der Waals surface area contributed by atoms with Crippen molar-refractivity contribution in [1.29, 1.82) is 0 Å². The van der Waals surface area contributed by atoms with E-state index in [1.807, 2.05) is 24.3 Å². The number of hydrogen-bond donors (Lipinski definition) is 1. The summed E-state index contributed by atoms with van der Waals surface area (Å²) in [5.74, 6) is 1.28. The molecule has 0 atom stereocenters. The number of rotatable bonds is 3. The van der Waals surface area contributed by atoms with E-state index in [9.17, 15) is 0 Å². The number of benzene rings is 2. The van der Waals surface area contributed by atoms with Gasteiger partial charge in [0, 0.05) is 10.0 Å². The Kier molecular flexibility index (Phi) is 4.22. The molecule has 0 bridgehead atoms. The van der Waals surface area contributed by atoms with Gasteiger partial charge in [0.15, 0.2) is 0 Å². The molecule has 2 nitrogen and oxygen atoms in total. The molecule has 5 heteroatoms. The predicted octanol–water partition coefficient (Wildman–Crippen LogP) is 4.53. The van der Waals surface area contributed by atoms with Gasteiger partial charge in [-0.15, -0.1) is 0 Å². The van der Waals surface area contributed by atoms with Crippen LogP contribution in [0.5, 0.6) is 11.5 Å². The van der Waals surface area contributed by atoms with Crippen LogP contribution in [0.25, 0.3) is 0 Å². The first-order chi connectivity index (χ1) is 8.56. The molecule has 0 spiro atoms. The lowest BCUT2D eigenvalue weighted by Crippen LogP contribution is -2.08. The molecule has 0 saturated carbocycles. The quantitative estimate of drug-likeness (QED) is 0.832. The highest BCUT2D eigenvalue weighted by molar-refractivity contribution is 9.10. The van der Waals surface area contributed by atoms with Crippen molar-refractivity contribution in [3.8, 4) is 11.5 Å². The molecule has 0 saturated heterocycles. The summed E-state index contributed by atoms with van der Waals surface area (Å²) in [6, 6.07) is 12.7. The Balaban J connectivity index is 2.24. The molecule has 0 aliphatic rings. The monoisotopic (exact) mass is 341 g/mol. The summed E-state index contributed by atoms with van der Waals surface area (Å²) in [7, 11) is 0. The number of hydrogen-bond acceptors (Lipinski definition) is 2. The molecular weight excluding hydrogens is 334 g/mol. The molecule has 18 heavy (non-hydrogen) atoms. The molecule has 0 heterocycles. The highest BCUT2D eigenvalue weighted by atomic mass is 79.9. The maximum atomic E-state index is 6.11. The van der Waals surface area contributed by atoms with Crippen LogP contribution < -0.4 is 10.5 Å². The third kappa shape index (κ3) is 3.22. The van der Waals surface area contributed by atoms with Gasteiger partial charge in [0.05, 0.1) is 5.02 Å². The highest BCUT2D eigenvalue weighted by Crippen LogP contribution is 2.30. The fraction of sp³-hybridized carbons (Fsp3) is 0. The van der Waals surface area contributed by atoms with Gasteiger partial charge in [-0.05, 0) is 42.5 Å². The van der Waals surface area contributed by atoms with E-state index in [0.717, 1.165) is 10.0 Å². The molecule has 0 aliphatic carbocycles. The van der Waals surface area contributed by atoms with Gasteiger partial charge >= 0.3 is 0 Å².